The van der Waals surface area contributed by atoms with E-state index in [4.69, 9.17) is 5.73 Å². The van der Waals surface area contributed by atoms with Crippen molar-refractivity contribution in [1.82, 2.24) is 0 Å². The van der Waals surface area contributed by atoms with Crippen LogP contribution in [0.1, 0.15) is 35.8 Å². The molecular formula is C11H13NO. The molecular weight excluding hydrogens is 162 g/mol. The van der Waals surface area contributed by atoms with E-state index in [0.717, 1.165) is 6.42 Å². The minimum atomic E-state index is 0.319. The van der Waals surface area contributed by atoms with E-state index in [1.807, 2.05) is 6.07 Å². The Hall–Kier alpha value is -1.02. The second kappa shape index (κ2) is 2.26. The molecule has 1 fully saturated rings. The van der Waals surface area contributed by atoms with Gasteiger partial charge in [-0.05, 0) is 42.0 Å². The number of nitrogens with two attached hydrogens (primary N) is 1. The zero-order chi connectivity index (χ0) is 9.00. The number of benzene rings is 1. The summed E-state index contributed by atoms with van der Waals surface area (Å²) in [5.41, 5.74) is 8.72. The molecule has 68 valence electrons. The molecule has 0 spiro atoms. The molecule has 0 saturated heterocycles. The van der Waals surface area contributed by atoms with E-state index in [1.165, 1.54) is 17.5 Å². The third-order valence-corrected chi connectivity index (χ3v) is 3.52. The average molecular weight is 175 g/mol. The Labute approximate surface area is 77.4 Å². The van der Waals surface area contributed by atoms with Gasteiger partial charge >= 0.3 is 0 Å². The number of hydrogen-bond donors (Lipinski definition) is 2. The lowest BCUT2D eigenvalue weighted by Crippen LogP contribution is -2.25. The van der Waals surface area contributed by atoms with Crippen LogP contribution >= 0.6 is 0 Å². The summed E-state index contributed by atoms with van der Waals surface area (Å²) in [6, 6.07) is 6.05. The fraction of sp³-hybridized carbons (Fsp3) is 0.455. The largest absolute Gasteiger partial charge is 0.508 e. The van der Waals surface area contributed by atoms with E-state index in [2.05, 4.69) is 6.07 Å². The Morgan fingerprint density at radius 1 is 1.23 bits per heavy atom. The van der Waals surface area contributed by atoms with Crippen LogP contribution in [0.25, 0.3) is 0 Å². The van der Waals surface area contributed by atoms with E-state index in [-0.39, 0.29) is 0 Å². The first-order valence-electron chi connectivity index (χ1n) is 4.84. The second-order valence-electron chi connectivity index (χ2n) is 4.25. The summed E-state index contributed by atoms with van der Waals surface area (Å²) >= 11 is 0. The van der Waals surface area contributed by atoms with E-state index in [9.17, 15) is 5.11 Å². The molecule has 2 aliphatic carbocycles. The number of aromatic hydroxyl groups is 1. The van der Waals surface area contributed by atoms with Gasteiger partial charge < -0.3 is 10.8 Å². The molecule has 2 heteroatoms. The van der Waals surface area contributed by atoms with Gasteiger partial charge in [0.05, 0.1) is 0 Å². The molecule has 0 heterocycles. The first-order valence-corrected chi connectivity index (χ1v) is 4.84. The van der Waals surface area contributed by atoms with Gasteiger partial charge in [-0.2, -0.15) is 0 Å². The van der Waals surface area contributed by atoms with Gasteiger partial charge in [-0.25, -0.2) is 0 Å². The lowest BCUT2D eigenvalue weighted by atomic mass is 9.89. The number of fused-ring (bicyclic) bond motifs is 5. The van der Waals surface area contributed by atoms with Crippen molar-refractivity contribution >= 4 is 0 Å². The summed E-state index contributed by atoms with van der Waals surface area (Å²) < 4.78 is 0. The van der Waals surface area contributed by atoms with Gasteiger partial charge in [-0.3, -0.25) is 0 Å². The van der Waals surface area contributed by atoms with Crippen LogP contribution in [-0.4, -0.2) is 11.1 Å². The van der Waals surface area contributed by atoms with Crippen LogP contribution in [0.5, 0.6) is 5.75 Å². The fourth-order valence-electron chi connectivity index (χ4n) is 2.94. The van der Waals surface area contributed by atoms with Gasteiger partial charge in [0.2, 0.25) is 0 Å². The van der Waals surface area contributed by atoms with E-state index >= 15 is 0 Å². The van der Waals surface area contributed by atoms with Crippen molar-refractivity contribution in [2.75, 3.05) is 0 Å². The molecule has 3 atom stereocenters. The molecule has 3 N–H and O–H groups in total. The third kappa shape index (κ3) is 0.866. The van der Waals surface area contributed by atoms with Gasteiger partial charge in [0.25, 0.3) is 0 Å². The van der Waals surface area contributed by atoms with Crippen molar-refractivity contribution < 1.29 is 5.11 Å². The molecule has 0 unspecified atom stereocenters. The fourth-order valence-corrected chi connectivity index (χ4v) is 2.94. The zero-order valence-electron chi connectivity index (χ0n) is 7.40. The van der Waals surface area contributed by atoms with Crippen LogP contribution in [0.3, 0.4) is 0 Å². The molecule has 0 aliphatic heterocycles. The minimum Gasteiger partial charge on any atom is -0.508 e. The maximum atomic E-state index is 9.37. The number of rotatable bonds is 0. The molecule has 3 rings (SSSR count). The predicted molar refractivity (Wildman–Crippen MR) is 50.8 cm³/mol. The Morgan fingerprint density at radius 2 is 2.08 bits per heavy atom. The molecule has 2 bridgehead atoms. The lowest BCUT2D eigenvalue weighted by molar-refractivity contribution is 0.472. The van der Waals surface area contributed by atoms with Crippen LogP contribution in [0, 0.1) is 0 Å². The molecule has 0 amide bonds. The van der Waals surface area contributed by atoms with Crippen LogP contribution < -0.4 is 5.73 Å². The Bertz CT molecular complexity index is 361. The minimum absolute atomic E-state index is 0.319. The Kier molecular flexibility index (Phi) is 1.29. The highest BCUT2D eigenvalue weighted by Crippen LogP contribution is 2.52. The maximum absolute atomic E-state index is 9.37. The van der Waals surface area contributed by atoms with Crippen LogP contribution in [0.2, 0.25) is 0 Å². The van der Waals surface area contributed by atoms with Crippen molar-refractivity contribution in [2.45, 2.75) is 30.7 Å². The van der Waals surface area contributed by atoms with Gasteiger partial charge in [-0.15, -0.1) is 0 Å². The lowest BCUT2D eigenvalue weighted by Gasteiger charge is -2.20. The highest BCUT2D eigenvalue weighted by atomic mass is 16.3. The molecule has 1 aromatic rings. The van der Waals surface area contributed by atoms with Gasteiger partial charge in [0.1, 0.15) is 5.75 Å². The predicted octanol–water partition coefficient (Wildman–Crippen LogP) is 1.69. The van der Waals surface area contributed by atoms with E-state index < -0.39 is 0 Å². The molecule has 0 radical (unpaired) electrons. The van der Waals surface area contributed by atoms with Crippen molar-refractivity contribution in [2.24, 2.45) is 5.73 Å². The molecule has 1 saturated carbocycles. The summed E-state index contributed by atoms with van der Waals surface area (Å²) in [6.07, 6.45) is 2.32. The van der Waals surface area contributed by atoms with Gasteiger partial charge in [0, 0.05) is 12.0 Å². The highest BCUT2D eigenvalue weighted by molar-refractivity contribution is 5.46. The monoisotopic (exact) mass is 175 g/mol. The molecule has 0 aromatic heterocycles. The molecule has 1 aromatic carbocycles. The maximum Gasteiger partial charge on any atom is 0.115 e. The Morgan fingerprint density at radius 3 is 2.92 bits per heavy atom. The number of hydrogen-bond acceptors (Lipinski definition) is 2. The SMILES string of the molecule is N[C@@H]1C[C@@H]2C[C@H]1c1cc(O)ccc12. The third-order valence-electron chi connectivity index (χ3n) is 3.52. The molecule has 13 heavy (non-hydrogen) atoms. The Balaban J connectivity index is 2.16. The highest BCUT2D eigenvalue weighted by Gasteiger charge is 2.41. The van der Waals surface area contributed by atoms with E-state index in [1.54, 1.807) is 6.07 Å². The van der Waals surface area contributed by atoms with Crippen molar-refractivity contribution in [3.05, 3.63) is 29.3 Å². The summed E-state index contributed by atoms with van der Waals surface area (Å²) in [4.78, 5) is 0. The standard InChI is InChI=1S/C11H13NO/c12-11-4-6-3-10(11)9-5-7(13)1-2-8(6)9/h1-2,5-6,10-11,13H,3-4,12H2/t6-,10-,11+/m0/s1. The van der Waals surface area contributed by atoms with Crippen molar-refractivity contribution in [3.63, 3.8) is 0 Å². The normalized spacial score (nSPS) is 35.0. The van der Waals surface area contributed by atoms with Crippen LogP contribution in [0.4, 0.5) is 0 Å². The first-order chi connectivity index (χ1) is 6.25. The van der Waals surface area contributed by atoms with Crippen molar-refractivity contribution in [3.8, 4) is 5.75 Å². The van der Waals surface area contributed by atoms with Crippen LogP contribution in [-0.2, 0) is 0 Å². The quantitative estimate of drug-likeness (QED) is 0.630. The average Bonchev–Trinajstić information content (AvgIpc) is 2.60. The van der Waals surface area contributed by atoms with Gasteiger partial charge in [-0.1, -0.05) is 6.07 Å². The summed E-state index contributed by atoms with van der Waals surface area (Å²) in [6.45, 7) is 0. The van der Waals surface area contributed by atoms with Gasteiger partial charge in [0.15, 0.2) is 0 Å². The van der Waals surface area contributed by atoms with Crippen molar-refractivity contribution in [1.29, 1.82) is 0 Å². The first kappa shape index (κ1) is 7.39. The number of phenolic OH excluding ortho intramolecular Hbond substituents is 1. The number of phenols is 1. The van der Waals surface area contributed by atoms with Crippen LogP contribution in [0.15, 0.2) is 18.2 Å². The smallest absolute Gasteiger partial charge is 0.115 e. The molecule has 2 nitrogen and oxygen atoms in total. The molecule has 2 aliphatic rings. The second-order valence-corrected chi connectivity index (χ2v) is 4.25. The summed E-state index contributed by atoms with van der Waals surface area (Å²) in [5.74, 6) is 1.54. The zero-order valence-corrected chi connectivity index (χ0v) is 7.40. The summed E-state index contributed by atoms with van der Waals surface area (Å²) in [7, 11) is 0. The topological polar surface area (TPSA) is 46.2 Å². The summed E-state index contributed by atoms with van der Waals surface area (Å²) in [5, 5.41) is 9.37. The van der Waals surface area contributed by atoms with E-state index in [0.29, 0.717) is 23.6 Å².